The Balaban J connectivity index is 1.72. The minimum atomic E-state index is -0.320. The van der Waals surface area contributed by atoms with Crippen LogP contribution >= 0.6 is 22.7 Å². The molecule has 0 spiro atoms. The fourth-order valence-corrected chi connectivity index (χ4v) is 3.12. The van der Waals surface area contributed by atoms with E-state index in [1.165, 1.54) is 16.2 Å². The molecule has 0 fully saturated rings. The molecule has 2 rings (SSSR count). The molecule has 0 radical (unpaired) electrons. The zero-order valence-corrected chi connectivity index (χ0v) is 13.8. The van der Waals surface area contributed by atoms with Crippen LogP contribution in [0.3, 0.4) is 0 Å². The maximum Gasteiger partial charge on any atom is 0.321 e. The molecule has 2 amide bonds. The van der Waals surface area contributed by atoms with Crippen molar-refractivity contribution in [2.75, 3.05) is 18.5 Å². The van der Waals surface area contributed by atoms with E-state index in [1.54, 1.807) is 23.6 Å². The second kappa shape index (κ2) is 8.50. The Morgan fingerprint density at radius 2 is 2.23 bits per heavy atom. The van der Waals surface area contributed by atoms with E-state index in [0.717, 1.165) is 6.42 Å². The molecule has 2 aromatic heterocycles. The van der Waals surface area contributed by atoms with Crippen LogP contribution in [-0.4, -0.2) is 30.1 Å². The topological polar surface area (TPSA) is 80.3 Å². The van der Waals surface area contributed by atoms with E-state index in [4.69, 9.17) is 4.74 Å². The van der Waals surface area contributed by atoms with Gasteiger partial charge in [0.05, 0.1) is 18.7 Å². The fourth-order valence-electron chi connectivity index (χ4n) is 1.70. The summed E-state index contributed by atoms with van der Waals surface area (Å²) < 4.78 is 4.85. The van der Waals surface area contributed by atoms with E-state index in [2.05, 4.69) is 15.6 Å². The number of anilines is 1. The number of ether oxygens (including phenoxy) is 1. The second-order valence-electron chi connectivity index (χ2n) is 4.34. The Labute approximate surface area is 136 Å². The molecule has 0 unspecified atom stereocenters. The van der Waals surface area contributed by atoms with Crippen molar-refractivity contribution >= 4 is 39.8 Å². The predicted octanol–water partition coefficient (Wildman–Crippen LogP) is 2.67. The van der Waals surface area contributed by atoms with Gasteiger partial charge in [-0.15, -0.1) is 22.7 Å². The summed E-state index contributed by atoms with van der Waals surface area (Å²) in [5.74, 6) is -0.320. The van der Waals surface area contributed by atoms with Crippen LogP contribution in [0.15, 0.2) is 22.9 Å². The van der Waals surface area contributed by atoms with E-state index >= 15 is 0 Å². The van der Waals surface area contributed by atoms with Gasteiger partial charge in [0.15, 0.2) is 5.13 Å². The van der Waals surface area contributed by atoms with Gasteiger partial charge in [-0.2, -0.15) is 0 Å². The number of amides is 2. The molecular weight excluding hydrogens is 322 g/mol. The molecule has 0 aliphatic carbocycles. The molecule has 2 aromatic rings. The van der Waals surface area contributed by atoms with Gasteiger partial charge in [0.2, 0.25) is 0 Å². The summed E-state index contributed by atoms with van der Waals surface area (Å²) in [5, 5.41) is 9.64. The van der Waals surface area contributed by atoms with Crippen LogP contribution in [0.1, 0.15) is 17.5 Å². The van der Waals surface area contributed by atoms with Crippen LogP contribution in [0.5, 0.6) is 0 Å². The van der Waals surface area contributed by atoms with E-state index in [9.17, 15) is 9.59 Å². The zero-order chi connectivity index (χ0) is 15.8. The van der Waals surface area contributed by atoms with Gasteiger partial charge >= 0.3 is 12.0 Å². The van der Waals surface area contributed by atoms with E-state index in [-0.39, 0.29) is 18.4 Å². The fraction of sp³-hybridized carbons (Fsp3) is 0.357. The number of thiazole rings is 1. The van der Waals surface area contributed by atoms with Crippen LogP contribution in [-0.2, 0) is 22.4 Å². The lowest BCUT2D eigenvalue weighted by Crippen LogP contribution is -2.30. The first kappa shape index (κ1) is 16.4. The van der Waals surface area contributed by atoms with E-state index < -0.39 is 0 Å². The van der Waals surface area contributed by atoms with Gasteiger partial charge < -0.3 is 10.1 Å². The smallest absolute Gasteiger partial charge is 0.321 e. The van der Waals surface area contributed by atoms with Crippen molar-refractivity contribution in [2.24, 2.45) is 0 Å². The minimum Gasteiger partial charge on any atom is -0.466 e. The van der Waals surface area contributed by atoms with Crippen molar-refractivity contribution in [3.63, 3.8) is 0 Å². The lowest BCUT2D eigenvalue weighted by molar-refractivity contribution is -0.142. The van der Waals surface area contributed by atoms with Crippen molar-refractivity contribution in [3.05, 3.63) is 33.5 Å². The molecule has 0 saturated heterocycles. The number of hydrogen-bond donors (Lipinski definition) is 2. The van der Waals surface area contributed by atoms with Crippen molar-refractivity contribution in [3.8, 4) is 0 Å². The Kier molecular flexibility index (Phi) is 6.35. The number of urea groups is 1. The summed E-state index contributed by atoms with van der Waals surface area (Å²) in [6.45, 7) is 2.67. The molecule has 8 heteroatoms. The maximum atomic E-state index is 11.7. The highest BCUT2D eigenvalue weighted by Crippen LogP contribution is 2.16. The first-order valence-corrected chi connectivity index (χ1v) is 8.60. The number of carbonyl (C=O) groups excluding carboxylic acids is 2. The molecule has 0 saturated carbocycles. The van der Waals surface area contributed by atoms with Gasteiger partial charge in [-0.25, -0.2) is 9.78 Å². The number of esters is 1. The number of thiophene rings is 1. The first-order valence-electron chi connectivity index (χ1n) is 6.84. The van der Waals surface area contributed by atoms with Gasteiger partial charge in [0.1, 0.15) is 0 Å². The Morgan fingerprint density at radius 3 is 2.95 bits per heavy atom. The molecule has 0 aromatic carbocycles. The lowest BCUT2D eigenvalue weighted by Gasteiger charge is -2.04. The summed E-state index contributed by atoms with van der Waals surface area (Å²) in [6.07, 6.45) is 0.920. The van der Waals surface area contributed by atoms with Crippen molar-refractivity contribution in [1.82, 2.24) is 10.3 Å². The molecule has 0 bridgehead atoms. The average molecular weight is 339 g/mol. The van der Waals surface area contributed by atoms with E-state index in [0.29, 0.717) is 24.0 Å². The third-order valence-corrected chi connectivity index (χ3v) is 4.38. The van der Waals surface area contributed by atoms with Gasteiger partial charge in [-0.1, -0.05) is 6.07 Å². The zero-order valence-electron chi connectivity index (χ0n) is 12.1. The van der Waals surface area contributed by atoms with Gasteiger partial charge in [0, 0.05) is 16.8 Å². The molecule has 6 nitrogen and oxygen atoms in total. The minimum absolute atomic E-state index is 0.117. The molecule has 2 heterocycles. The highest BCUT2D eigenvalue weighted by Gasteiger charge is 2.10. The number of aromatic nitrogens is 1. The number of carbonyl (C=O) groups is 2. The molecule has 22 heavy (non-hydrogen) atoms. The lowest BCUT2D eigenvalue weighted by atomic mass is 10.3. The Morgan fingerprint density at radius 1 is 1.36 bits per heavy atom. The van der Waals surface area contributed by atoms with Crippen LogP contribution in [0, 0.1) is 0 Å². The molecule has 0 aliphatic rings. The number of rotatable bonds is 7. The Hall–Kier alpha value is -1.93. The molecular formula is C14H17N3O3S2. The summed E-state index contributed by atoms with van der Waals surface area (Å²) in [5.41, 5.74) is 0.595. The highest BCUT2D eigenvalue weighted by molar-refractivity contribution is 7.14. The van der Waals surface area contributed by atoms with Gasteiger partial charge in [0.25, 0.3) is 0 Å². The molecule has 0 aliphatic heterocycles. The monoisotopic (exact) mass is 339 g/mol. The second-order valence-corrected chi connectivity index (χ2v) is 6.23. The maximum absolute atomic E-state index is 11.7. The van der Waals surface area contributed by atoms with Gasteiger partial charge in [-0.05, 0) is 24.8 Å². The number of nitrogens with zero attached hydrogens (tertiary/aromatic N) is 1. The van der Waals surface area contributed by atoms with E-state index in [1.807, 2.05) is 17.5 Å². The summed E-state index contributed by atoms with van der Waals surface area (Å²) in [4.78, 5) is 28.5. The van der Waals surface area contributed by atoms with Crippen LogP contribution in [0.4, 0.5) is 9.93 Å². The van der Waals surface area contributed by atoms with Crippen LogP contribution in [0.25, 0.3) is 0 Å². The number of hydrogen-bond acceptors (Lipinski definition) is 6. The molecule has 118 valence electrons. The van der Waals surface area contributed by atoms with Gasteiger partial charge in [-0.3, -0.25) is 10.1 Å². The summed E-state index contributed by atoms with van der Waals surface area (Å²) in [6, 6.07) is 3.72. The average Bonchev–Trinajstić information content (AvgIpc) is 3.11. The quantitative estimate of drug-likeness (QED) is 0.760. The number of nitrogens with one attached hydrogen (secondary N) is 2. The largest absolute Gasteiger partial charge is 0.466 e. The molecule has 0 atom stereocenters. The third kappa shape index (κ3) is 5.45. The summed E-state index contributed by atoms with van der Waals surface area (Å²) in [7, 11) is 0. The van der Waals surface area contributed by atoms with Crippen LogP contribution in [0.2, 0.25) is 0 Å². The normalized spacial score (nSPS) is 10.2. The SMILES string of the molecule is CCOC(=O)Cc1csc(NC(=O)NCCc2cccs2)n1. The molecule has 2 N–H and O–H groups in total. The first-order chi connectivity index (χ1) is 10.7. The van der Waals surface area contributed by atoms with Crippen molar-refractivity contribution < 1.29 is 14.3 Å². The van der Waals surface area contributed by atoms with Crippen LogP contribution < -0.4 is 10.6 Å². The highest BCUT2D eigenvalue weighted by atomic mass is 32.1. The van der Waals surface area contributed by atoms with Crippen molar-refractivity contribution in [1.29, 1.82) is 0 Å². The standard InChI is InChI=1S/C14H17N3O3S2/c1-2-20-12(18)8-10-9-22-14(16-10)17-13(19)15-6-5-11-4-3-7-21-11/h3-4,7,9H,2,5-6,8H2,1H3,(H2,15,16,17,19). The summed E-state index contributed by atoms with van der Waals surface area (Å²) >= 11 is 2.95. The predicted molar refractivity (Wildman–Crippen MR) is 87.5 cm³/mol. The van der Waals surface area contributed by atoms with Crippen molar-refractivity contribution in [2.45, 2.75) is 19.8 Å². The Bertz CT molecular complexity index is 611. The third-order valence-electron chi connectivity index (χ3n) is 2.64.